The van der Waals surface area contributed by atoms with E-state index in [1.807, 2.05) is 22.9 Å². The fraction of sp³-hybridized carbons (Fsp3) is 0.250. The largest absolute Gasteiger partial charge is 0.213 e. The van der Waals surface area contributed by atoms with Crippen molar-refractivity contribution in [3.8, 4) is 5.69 Å². The molecule has 0 aliphatic rings. The predicted molar refractivity (Wildman–Crippen MR) is 77.8 cm³/mol. The smallest absolute Gasteiger partial charge is 0.117 e. The van der Waals surface area contributed by atoms with E-state index in [-0.39, 0.29) is 0 Å². The van der Waals surface area contributed by atoms with E-state index in [2.05, 4.69) is 50.1 Å². The number of hydrogen-bond donors (Lipinski definition) is 0. The van der Waals surface area contributed by atoms with Crippen LogP contribution in [0.25, 0.3) is 16.7 Å². The van der Waals surface area contributed by atoms with Gasteiger partial charge in [-0.2, -0.15) is 0 Å². The van der Waals surface area contributed by atoms with Crippen LogP contribution in [0.1, 0.15) is 22.3 Å². The van der Waals surface area contributed by atoms with Crippen LogP contribution in [0.15, 0.2) is 30.3 Å². The monoisotopic (exact) mass is 251 g/mol. The normalized spacial score (nSPS) is 11.2. The molecule has 19 heavy (non-hydrogen) atoms. The third kappa shape index (κ3) is 1.65. The lowest BCUT2D eigenvalue weighted by atomic mass is 9.97. The highest BCUT2D eigenvalue weighted by atomic mass is 15.4. The van der Waals surface area contributed by atoms with Gasteiger partial charge in [0.25, 0.3) is 0 Å². The summed E-state index contributed by atoms with van der Waals surface area (Å²) in [5.41, 5.74) is 8.29. The molecule has 0 spiro atoms. The SMILES string of the molecule is Cc1c(C)c(C)c2c(nnn2-c2ccccc2)c1C. The molecule has 0 aliphatic heterocycles. The Morgan fingerprint density at radius 3 is 2.11 bits per heavy atom. The summed E-state index contributed by atoms with van der Waals surface area (Å²) in [6, 6.07) is 10.2. The lowest BCUT2D eigenvalue weighted by Gasteiger charge is -2.11. The molecular weight excluding hydrogens is 234 g/mol. The lowest BCUT2D eigenvalue weighted by Crippen LogP contribution is -2.00. The molecule has 0 amide bonds. The van der Waals surface area contributed by atoms with Crippen molar-refractivity contribution in [2.45, 2.75) is 27.7 Å². The quantitative estimate of drug-likeness (QED) is 0.661. The lowest BCUT2D eigenvalue weighted by molar-refractivity contribution is 0.822. The second kappa shape index (κ2) is 4.19. The maximum absolute atomic E-state index is 4.37. The number of rotatable bonds is 1. The number of benzene rings is 2. The van der Waals surface area contributed by atoms with E-state index in [1.54, 1.807) is 0 Å². The van der Waals surface area contributed by atoms with Crippen molar-refractivity contribution < 1.29 is 0 Å². The van der Waals surface area contributed by atoms with Gasteiger partial charge in [-0.15, -0.1) is 5.10 Å². The van der Waals surface area contributed by atoms with Gasteiger partial charge in [0.15, 0.2) is 0 Å². The Labute approximate surface area is 112 Å². The average molecular weight is 251 g/mol. The minimum atomic E-state index is 1.00. The Kier molecular flexibility index (Phi) is 2.63. The number of nitrogens with zero attached hydrogens (tertiary/aromatic N) is 3. The standard InChI is InChI=1S/C16H17N3/c1-10-11(2)13(4)16-15(12(10)3)17-18-19(16)14-8-6-5-7-9-14/h5-9H,1-4H3. The third-order valence-corrected chi connectivity index (χ3v) is 4.07. The molecule has 0 saturated carbocycles. The Hall–Kier alpha value is -2.16. The molecule has 0 N–H and O–H groups in total. The second-order valence-corrected chi connectivity index (χ2v) is 5.03. The summed E-state index contributed by atoms with van der Waals surface area (Å²) in [5.74, 6) is 0. The fourth-order valence-electron chi connectivity index (χ4n) is 2.54. The highest BCUT2D eigenvalue weighted by Crippen LogP contribution is 2.28. The highest BCUT2D eigenvalue weighted by Gasteiger charge is 2.15. The highest BCUT2D eigenvalue weighted by molar-refractivity contribution is 5.85. The molecule has 0 fully saturated rings. The molecule has 3 heteroatoms. The van der Waals surface area contributed by atoms with Crippen molar-refractivity contribution >= 4 is 11.0 Å². The van der Waals surface area contributed by atoms with Crippen LogP contribution in [0.2, 0.25) is 0 Å². The third-order valence-electron chi connectivity index (χ3n) is 4.07. The van der Waals surface area contributed by atoms with Gasteiger partial charge in [0.2, 0.25) is 0 Å². The topological polar surface area (TPSA) is 30.7 Å². The van der Waals surface area contributed by atoms with Gasteiger partial charge in [-0.25, -0.2) is 4.68 Å². The van der Waals surface area contributed by atoms with Crippen LogP contribution in [0.5, 0.6) is 0 Å². The van der Waals surface area contributed by atoms with Gasteiger partial charge in [-0.3, -0.25) is 0 Å². The van der Waals surface area contributed by atoms with Crippen molar-refractivity contribution in [3.63, 3.8) is 0 Å². The van der Waals surface area contributed by atoms with Crippen molar-refractivity contribution in [2.24, 2.45) is 0 Å². The van der Waals surface area contributed by atoms with Crippen molar-refractivity contribution in [1.82, 2.24) is 15.0 Å². The zero-order chi connectivity index (χ0) is 13.6. The summed E-state index contributed by atoms with van der Waals surface area (Å²) in [6.45, 7) is 8.58. The van der Waals surface area contributed by atoms with Crippen LogP contribution in [0.4, 0.5) is 0 Å². The fourth-order valence-corrected chi connectivity index (χ4v) is 2.54. The molecular formula is C16H17N3. The van der Waals surface area contributed by atoms with E-state index >= 15 is 0 Å². The maximum atomic E-state index is 4.37. The second-order valence-electron chi connectivity index (χ2n) is 5.03. The van der Waals surface area contributed by atoms with Crippen LogP contribution >= 0.6 is 0 Å². The molecule has 3 nitrogen and oxygen atoms in total. The molecule has 1 heterocycles. The number of aromatic nitrogens is 3. The Morgan fingerprint density at radius 1 is 0.789 bits per heavy atom. The molecule has 0 aliphatic carbocycles. The molecule has 0 bridgehead atoms. The molecule has 1 aromatic heterocycles. The van der Waals surface area contributed by atoms with E-state index in [0.29, 0.717) is 0 Å². The van der Waals surface area contributed by atoms with E-state index in [0.717, 1.165) is 16.7 Å². The van der Waals surface area contributed by atoms with Crippen molar-refractivity contribution in [3.05, 3.63) is 52.6 Å². The summed E-state index contributed by atoms with van der Waals surface area (Å²) < 4.78 is 1.93. The van der Waals surface area contributed by atoms with Crippen LogP contribution in [-0.4, -0.2) is 15.0 Å². The van der Waals surface area contributed by atoms with Crippen molar-refractivity contribution in [1.29, 1.82) is 0 Å². The van der Waals surface area contributed by atoms with Crippen LogP contribution in [0, 0.1) is 27.7 Å². The van der Waals surface area contributed by atoms with Gasteiger partial charge in [-0.1, -0.05) is 23.4 Å². The zero-order valence-corrected chi connectivity index (χ0v) is 11.7. The first-order valence-corrected chi connectivity index (χ1v) is 6.48. The summed E-state index contributed by atoms with van der Waals surface area (Å²) in [6.07, 6.45) is 0. The molecule has 2 aromatic carbocycles. The van der Waals surface area contributed by atoms with Crippen molar-refractivity contribution in [2.75, 3.05) is 0 Å². The first-order valence-electron chi connectivity index (χ1n) is 6.48. The molecule has 0 unspecified atom stereocenters. The van der Waals surface area contributed by atoms with Crippen LogP contribution in [-0.2, 0) is 0 Å². The van der Waals surface area contributed by atoms with Gasteiger partial charge in [0.05, 0.1) is 11.2 Å². The van der Waals surface area contributed by atoms with Gasteiger partial charge < -0.3 is 0 Å². The summed E-state index contributed by atoms with van der Waals surface area (Å²) in [5, 5.41) is 8.71. The number of para-hydroxylation sites is 1. The first-order chi connectivity index (χ1) is 9.11. The number of fused-ring (bicyclic) bond motifs is 1. The number of hydrogen-bond acceptors (Lipinski definition) is 2. The summed E-state index contributed by atoms with van der Waals surface area (Å²) >= 11 is 0. The van der Waals surface area contributed by atoms with Gasteiger partial charge in [0, 0.05) is 0 Å². The van der Waals surface area contributed by atoms with Gasteiger partial charge >= 0.3 is 0 Å². The van der Waals surface area contributed by atoms with E-state index in [4.69, 9.17) is 0 Å². The minimum absolute atomic E-state index is 1.00. The van der Waals surface area contributed by atoms with Crippen LogP contribution in [0.3, 0.4) is 0 Å². The Balaban J connectivity index is 2.42. The summed E-state index contributed by atoms with van der Waals surface area (Å²) in [4.78, 5) is 0. The average Bonchev–Trinajstić information content (AvgIpc) is 2.88. The number of aryl methyl sites for hydroxylation is 2. The van der Waals surface area contributed by atoms with Gasteiger partial charge in [-0.05, 0) is 62.1 Å². The molecule has 3 rings (SSSR count). The van der Waals surface area contributed by atoms with Gasteiger partial charge in [0.1, 0.15) is 5.52 Å². The summed E-state index contributed by atoms with van der Waals surface area (Å²) in [7, 11) is 0. The Bertz CT molecular complexity index is 755. The molecule has 0 saturated heterocycles. The van der Waals surface area contributed by atoms with E-state index in [1.165, 1.54) is 22.3 Å². The maximum Gasteiger partial charge on any atom is 0.117 e. The zero-order valence-electron chi connectivity index (χ0n) is 11.7. The predicted octanol–water partition coefficient (Wildman–Crippen LogP) is 3.65. The van der Waals surface area contributed by atoms with Crippen LogP contribution < -0.4 is 0 Å². The Morgan fingerprint density at radius 2 is 1.42 bits per heavy atom. The molecule has 96 valence electrons. The molecule has 0 radical (unpaired) electrons. The molecule has 0 atom stereocenters. The van der Waals surface area contributed by atoms with E-state index in [9.17, 15) is 0 Å². The minimum Gasteiger partial charge on any atom is -0.213 e. The van der Waals surface area contributed by atoms with E-state index < -0.39 is 0 Å². The first kappa shape index (κ1) is 11.9. The molecule has 3 aromatic rings.